The highest BCUT2D eigenvalue weighted by atomic mass is 32.1. The third kappa shape index (κ3) is 13.2. The van der Waals surface area contributed by atoms with Crippen LogP contribution in [0.3, 0.4) is 0 Å². The van der Waals surface area contributed by atoms with Crippen molar-refractivity contribution in [2.45, 2.75) is 62.7 Å². The number of nitrogens with two attached hydrogens (primary N) is 3. The number of thiol groups is 1. The fourth-order valence-electron chi connectivity index (χ4n) is 3.52. The number of carbonyl (C=O) groups is 5. The number of nitrogens with one attached hydrogen (secondary N) is 4. The number of hydrogen-bond acceptors (Lipinski definition) is 9. The van der Waals surface area contributed by atoms with Crippen LogP contribution in [-0.4, -0.2) is 82.9 Å². The van der Waals surface area contributed by atoms with Gasteiger partial charge in [-0.1, -0.05) is 12.1 Å². The van der Waals surface area contributed by atoms with Crippen molar-refractivity contribution in [1.29, 1.82) is 0 Å². The second-order valence-electron chi connectivity index (χ2n) is 8.90. The topological polar surface area (TPSA) is 252 Å². The molecule has 14 nitrogen and oxygen atoms in total. The summed E-state index contributed by atoms with van der Waals surface area (Å²) in [6, 6.07) is 0.670. The molecule has 0 aliphatic rings. The van der Waals surface area contributed by atoms with Crippen LogP contribution in [0.15, 0.2) is 24.3 Å². The van der Waals surface area contributed by atoms with Crippen LogP contribution >= 0.6 is 12.6 Å². The van der Waals surface area contributed by atoms with Gasteiger partial charge in [0.25, 0.3) is 0 Å². The molecule has 0 saturated heterocycles. The van der Waals surface area contributed by atoms with Gasteiger partial charge in [0.05, 0.1) is 6.04 Å². The number of carboxylic acid groups (broad SMARTS) is 1. The SMILES string of the molecule is NCCCC[C@H](NC(=O)[C@@H](CCCNC(N)=O)NC(=O)[C@H](Cc1ccc(O)cc1)NC(=O)[C@H](N)CS)C(=O)O. The maximum Gasteiger partial charge on any atom is 0.326 e. The first-order valence-electron chi connectivity index (χ1n) is 12.5. The highest BCUT2D eigenvalue weighted by Crippen LogP contribution is 2.12. The van der Waals surface area contributed by atoms with Crippen LogP contribution in [-0.2, 0) is 25.6 Å². The Morgan fingerprint density at radius 2 is 1.41 bits per heavy atom. The summed E-state index contributed by atoms with van der Waals surface area (Å²) in [7, 11) is 0. The van der Waals surface area contributed by atoms with Gasteiger partial charge in [-0.3, -0.25) is 14.4 Å². The number of hydrogen-bond donors (Lipinski definition) is 10. The number of carboxylic acids is 1. The van der Waals surface area contributed by atoms with Crippen molar-refractivity contribution in [2.75, 3.05) is 18.8 Å². The third-order valence-electron chi connectivity index (χ3n) is 5.71. The summed E-state index contributed by atoms with van der Waals surface area (Å²) in [6.45, 7) is 0.481. The average molecular weight is 570 g/mol. The first kappa shape index (κ1) is 33.5. The molecule has 5 amide bonds. The van der Waals surface area contributed by atoms with Crippen LogP contribution in [0.1, 0.15) is 37.7 Å². The van der Waals surface area contributed by atoms with Crippen LogP contribution in [0.2, 0.25) is 0 Å². The third-order valence-corrected chi connectivity index (χ3v) is 6.10. The zero-order valence-corrected chi connectivity index (χ0v) is 22.5. The quantitative estimate of drug-likeness (QED) is 0.0714. The van der Waals surface area contributed by atoms with Gasteiger partial charge in [-0.25, -0.2) is 9.59 Å². The van der Waals surface area contributed by atoms with Crippen molar-refractivity contribution in [2.24, 2.45) is 17.2 Å². The van der Waals surface area contributed by atoms with E-state index in [0.717, 1.165) is 0 Å². The summed E-state index contributed by atoms with van der Waals surface area (Å²) in [4.78, 5) is 61.5. The van der Waals surface area contributed by atoms with E-state index < -0.39 is 53.9 Å². The lowest BCUT2D eigenvalue weighted by Crippen LogP contribution is -2.57. The molecule has 0 fully saturated rings. The zero-order chi connectivity index (χ0) is 29.4. The minimum atomic E-state index is -1.24. The lowest BCUT2D eigenvalue weighted by Gasteiger charge is -2.25. The van der Waals surface area contributed by atoms with Crippen LogP contribution in [0.5, 0.6) is 5.75 Å². The molecule has 15 heteroatoms. The Bertz CT molecular complexity index is 965. The number of amides is 5. The Morgan fingerprint density at radius 1 is 0.846 bits per heavy atom. The molecule has 0 heterocycles. The van der Waals surface area contributed by atoms with Gasteiger partial charge in [0.1, 0.15) is 23.9 Å². The summed E-state index contributed by atoms with van der Waals surface area (Å²) >= 11 is 4.00. The molecule has 0 unspecified atom stereocenters. The summed E-state index contributed by atoms with van der Waals surface area (Å²) < 4.78 is 0. The molecule has 0 radical (unpaired) electrons. The predicted octanol–water partition coefficient (Wildman–Crippen LogP) is -1.69. The van der Waals surface area contributed by atoms with Crippen molar-refractivity contribution in [3.05, 3.63) is 29.8 Å². The first-order valence-corrected chi connectivity index (χ1v) is 13.1. The lowest BCUT2D eigenvalue weighted by molar-refractivity contribution is -0.142. The van der Waals surface area contributed by atoms with E-state index in [9.17, 15) is 34.2 Å². The highest BCUT2D eigenvalue weighted by Gasteiger charge is 2.30. The Hall–Kier alpha value is -3.56. The molecule has 4 atom stereocenters. The number of carbonyl (C=O) groups excluding carboxylic acids is 4. The Morgan fingerprint density at radius 3 is 1.97 bits per heavy atom. The summed E-state index contributed by atoms with van der Waals surface area (Å²) in [5.74, 6) is -3.30. The molecule has 0 aliphatic heterocycles. The second-order valence-corrected chi connectivity index (χ2v) is 9.26. The maximum atomic E-state index is 13.3. The molecule has 0 bridgehead atoms. The van der Waals surface area contributed by atoms with Gasteiger partial charge < -0.3 is 48.7 Å². The molecule has 12 N–H and O–H groups in total. The van der Waals surface area contributed by atoms with Crippen LogP contribution in [0.25, 0.3) is 0 Å². The number of urea groups is 1. The monoisotopic (exact) mass is 569 g/mol. The van der Waals surface area contributed by atoms with E-state index in [1.54, 1.807) is 12.1 Å². The van der Waals surface area contributed by atoms with Gasteiger partial charge in [-0.15, -0.1) is 0 Å². The molecule has 0 saturated carbocycles. The summed E-state index contributed by atoms with van der Waals surface area (Å²) in [6.07, 6.45) is 1.45. The van der Waals surface area contributed by atoms with Crippen LogP contribution < -0.4 is 38.5 Å². The van der Waals surface area contributed by atoms with Gasteiger partial charge in [0.2, 0.25) is 17.7 Å². The van der Waals surface area contributed by atoms with E-state index in [2.05, 4.69) is 33.9 Å². The lowest BCUT2D eigenvalue weighted by atomic mass is 10.0. The highest BCUT2D eigenvalue weighted by molar-refractivity contribution is 7.80. The minimum Gasteiger partial charge on any atom is -0.508 e. The Labute approximate surface area is 232 Å². The molecule has 218 valence electrons. The molecule has 1 rings (SSSR count). The number of benzene rings is 1. The number of primary amides is 1. The Balaban J connectivity index is 3.11. The molecule has 0 aliphatic carbocycles. The van der Waals surface area contributed by atoms with Gasteiger partial charge in [0, 0.05) is 18.7 Å². The van der Waals surface area contributed by atoms with Gasteiger partial charge in [-0.05, 0) is 56.3 Å². The van der Waals surface area contributed by atoms with E-state index in [0.29, 0.717) is 24.9 Å². The molecular weight excluding hydrogens is 530 g/mol. The smallest absolute Gasteiger partial charge is 0.326 e. The van der Waals surface area contributed by atoms with Crippen molar-refractivity contribution in [1.82, 2.24) is 21.3 Å². The van der Waals surface area contributed by atoms with Crippen molar-refractivity contribution in [3.8, 4) is 5.75 Å². The average Bonchev–Trinajstić information content (AvgIpc) is 2.89. The van der Waals surface area contributed by atoms with E-state index >= 15 is 0 Å². The minimum absolute atomic E-state index is 0.00551. The number of rotatable bonds is 18. The molecule has 0 spiro atoms. The van der Waals surface area contributed by atoms with E-state index in [1.807, 2.05) is 0 Å². The zero-order valence-electron chi connectivity index (χ0n) is 21.6. The van der Waals surface area contributed by atoms with Crippen molar-refractivity contribution < 1.29 is 34.2 Å². The molecule has 1 aromatic carbocycles. The predicted molar refractivity (Wildman–Crippen MR) is 147 cm³/mol. The van der Waals surface area contributed by atoms with Gasteiger partial charge >= 0.3 is 12.0 Å². The second kappa shape index (κ2) is 17.9. The van der Waals surface area contributed by atoms with Crippen molar-refractivity contribution >= 4 is 42.4 Å². The Kier molecular flexibility index (Phi) is 15.3. The van der Waals surface area contributed by atoms with Gasteiger partial charge in [0.15, 0.2) is 0 Å². The standard InChI is InChI=1S/C24H39N7O7S/c25-10-2-1-4-18(23(36)37)30-21(34)17(5-3-11-28-24(27)38)29-22(35)19(31-20(33)16(26)13-39)12-14-6-8-15(32)9-7-14/h6-9,16-19,32,39H,1-5,10-13,25-26H2,(H,29,35)(H,30,34)(H,31,33)(H,36,37)(H3,27,28,38)/t16-,17-,18+,19+/m1/s1. The fraction of sp³-hybridized carbons (Fsp3) is 0.542. The van der Waals surface area contributed by atoms with Crippen LogP contribution in [0, 0.1) is 0 Å². The number of aliphatic carboxylic acids is 1. The van der Waals surface area contributed by atoms with E-state index in [1.165, 1.54) is 12.1 Å². The summed E-state index contributed by atoms with van der Waals surface area (Å²) in [5.41, 5.74) is 16.9. The van der Waals surface area contributed by atoms with E-state index in [-0.39, 0.29) is 43.7 Å². The molecule has 39 heavy (non-hydrogen) atoms. The number of phenols is 1. The largest absolute Gasteiger partial charge is 0.508 e. The fourth-order valence-corrected chi connectivity index (χ4v) is 3.69. The number of unbranched alkanes of at least 4 members (excludes halogenated alkanes) is 1. The number of phenolic OH excluding ortho intramolecular Hbond substituents is 1. The molecule has 1 aromatic rings. The molecule has 0 aromatic heterocycles. The normalized spacial score (nSPS) is 13.8. The summed E-state index contributed by atoms with van der Waals surface area (Å²) in [5, 5.41) is 29.0. The maximum absolute atomic E-state index is 13.3. The first-order chi connectivity index (χ1) is 18.5. The number of aromatic hydroxyl groups is 1. The van der Waals surface area contributed by atoms with Crippen LogP contribution in [0.4, 0.5) is 4.79 Å². The van der Waals surface area contributed by atoms with Crippen molar-refractivity contribution in [3.63, 3.8) is 0 Å². The van der Waals surface area contributed by atoms with Gasteiger partial charge in [-0.2, -0.15) is 12.6 Å². The molecular formula is C24H39N7O7S. The van der Waals surface area contributed by atoms with E-state index in [4.69, 9.17) is 17.2 Å².